The van der Waals surface area contributed by atoms with Gasteiger partial charge in [-0.15, -0.1) is 11.3 Å². The highest BCUT2D eigenvalue weighted by Gasteiger charge is 2.22. The molecule has 1 unspecified atom stereocenters. The first-order valence-corrected chi connectivity index (χ1v) is 8.39. The van der Waals surface area contributed by atoms with Crippen molar-refractivity contribution in [2.24, 2.45) is 0 Å². The highest BCUT2D eigenvalue weighted by molar-refractivity contribution is 7.19. The van der Waals surface area contributed by atoms with E-state index in [9.17, 15) is 0 Å². The average Bonchev–Trinajstić information content (AvgIpc) is 3.16. The van der Waals surface area contributed by atoms with Crippen LogP contribution in [0, 0.1) is 0 Å². The Kier molecular flexibility index (Phi) is 3.49. The zero-order valence-electron chi connectivity index (χ0n) is 12.0. The van der Waals surface area contributed by atoms with Gasteiger partial charge in [0, 0.05) is 40.5 Å². The Morgan fingerprint density at radius 1 is 1.29 bits per heavy atom. The van der Waals surface area contributed by atoms with Gasteiger partial charge in [-0.3, -0.25) is 10.00 Å². The van der Waals surface area contributed by atoms with Gasteiger partial charge >= 0.3 is 0 Å². The number of nitrogens with zero attached hydrogens (tertiary/aromatic N) is 2. The van der Waals surface area contributed by atoms with Crippen LogP contribution < -0.4 is 0 Å². The van der Waals surface area contributed by atoms with Crippen LogP contribution in [0.15, 0.2) is 42.6 Å². The Bertz CT molecular complexity index is 684. The number of rotatable bonds is 3. The molecular weight excluding hydrogens is 278 g/mol. The van der Waals surface area contributed by atoms with Crippen LogP contribution in [0.2, 0.25) is 0 Å². The fourth-order valence-corrected chi connectivity index (χ4v) is 4.39. The number of nitrogens with one attached hydrogen (secondary N) is 1. The monoisotopic (exact) mass is 297 g/mol. The van der Waals surface area contributed by atoms with Gasteiger partial charge in [0.25, 0.3) is 0 Å². The molecule has 1 aliphatic rings. The first-order valence-electron chi connectivity index (χ1n) is 7.57. The third kappa shape index (κ3) is 2.74. The standard InChI is InChI=1S/C17H19N3S/c1-2-6-17-13(4-1)10-15(21-17)12-20-9-3-5-14(11-20)16-7-8-18-19-16/h1-2,4,6-8,10,14H,3,5,9,11-12H2,(H,18,19). The molecule has 0 radical (unpaired) electrons. The molecule has 3 aromatic rings. The Morgan fingerprint density at radius 2 is 2.24 bits per heavy atom. The smallest absolute Gasteiger partial charge is 0.0490 e. The van der Waals surface area contributed by atoms with Gasteiger partial charge in [-0.25, -0.2) is 0 Å². The Balaban J connectivity index is 1.48. The van der Waals surface area contributed by atoms with Crippen LogP contribution >= 0.6 is 11.3 Å². The number of aromatic amines is 1. The van der Waals surface area contributed by atoms with Gasteiger partial charge < -0.3 is 0 Å². The van der Waals surface area contributed by atoms with E-state index in [4.69, 9.17) is 0 Å². The Morgan fingerprint density at radius 3 is 3.10 bits per heavy atom. The molecule has 4 rings (SSSR count). The van der Waals surface area contributed by atoms with Crippen LogP contribution in [0.5, 0.6) is 0 Å². The Labute approximate surface area is 128 Å². The largest absolute Gasteiger partial charge is 0.298 e. The van der Waals surface area contributed by atoms with Crippen molar-refractivity contribution >= 4 is 21.4 Å². The molecular formula is C17H19N3S. The SMILES string of the molecule is c1ccc2sc(CN3CCCC(c4ccn[nH]4)C3)cc2c1. The second-order valence-electron chi connectivity index (χ2n) is 5.84. The van der Waals surface area contributed by atoms with E-state index < -0.39 is 0 Å². The van der Waals surface area contributed by atoms with Crippen LogP contribution in [0.1, 0.15) is 29.3 Å². The van der Waals surface area contributed by atoms with Crippen molar-refractivity contribution in [2.45, 2.75) is 25.3 Å². The van der Waals surface area contributed by atoms with Gasteiger partial charge in [0.15, 0.2) is 0 Å². The van der Waals surface area contributed by atoms with Crippen molar-refractivity contribution in [3.8, 4) is 0 Å². The minimum atomic E-state index is 0.607. The number of benzene rings is 1. The van der Waals surface area contributed by atoms with E-state index >= 15 is 0 Å². The summed E-state index contributed by atoms with van der Waals surface area (Å²) in [6, 6.07) is 13.1. The number of piperidine rings is 1. The van der Waals surface area contributed by atoms with Crippen molar-refractivity contribution in [3.63, 3.8) is 0 Å². The number of H-pyrrole nitrogens is 1. The normalized spacial score (nSPS) is 20.1. The van der Waals surface area contributed by atoms with Crippen molar-refractivity contribution in [2.75, 3.05) is 13.1 Å². The van der Waals surface area contributed by atoms with E-state index in [1.807, 2.05) is 17.5 Å². The van der Waals surface area contributed by atoms with E-state index in [0.29, 0.717) is 5.92 Å². The maximum Gasteiger partial charge on any atom is 0.0490 e. The molecule has 1 N–H and O–H groups in total. The predicted octanol–water partition coefficient (Wildman–Crippen LogP) is 4.00. The lowest BCUT2D eigenvalue weighted by atomic mass is 9.95. The number of fused-ring (bicyclic) bond motifs is 1. The molecule has 3 nitrogen and oxygen atoms in total. The molecule has 3 heterocycles. The molecule has 1 atom stereocenters. The minimum Gasteiger partial charge on any atom is -0.298 e. The Hall–Kier alpha value is -1.65. The van der Waals surface area contributed by atoms with Gasteiger partial charge in [0.05, 0.1) is 0 Å². The summed E-state index contributed by atoms with van der Waals surface area (Å²) >= 11 is 1.93. The minimum absolute atomic E-state index is 0.607. The number of likely N-dealkylation sites (tertiary alicyclic amines) is 1. The van der Waals surface area contributed by atoms with Gasteiger partial charge in [-0.05, 0) is 43.0 Å². The summed E-state index contributed by atoms with van der Waals surface area (Å²) in [4.78, 5) is 4.06. The number of hydrogen-bond acceptors (Lipinski definition) is 3. The highest BCUT2D eigenvalue weighted by Crippen LogP contribution is 2.30. The molecule has 0 amide bonds. The zero-order chi connectivity index (χ0) is 14.1. The van der Waals surface area contributed by atoms with Crippen LogP contribution in [-0.2, 0) is 6.54 Å². The number of hydrogen-bond donors (Lipinski definition) is 1. The summed E-state index contributed by atoms with van der Waals surface area (Å²) < 4.78 is 1.40. The molecule has 108 valence electrons. The van der Waals surface area contributed by atoms with Gasteiger partial charge in [-0.2, -0.15) is 5.10 Å². The van der Waals surface area contributed by atoms with E-state index in [2.05, 4.69) is 51.5 Å². The zero-order valence-corrected chi connectivity index (χ0v) is 12.8. The third-order valence-corrected chi connectivity index (χ3v) is 5.42. The molecule has 4 heteroatoms. The van der Waals surface area contributed by atoms with Crippen LogP contribution in [-0.4, -0.2) is 28.2 Å². The van der Waals surface area contributed by atoms with E-state index in [0.717, 1.165) is 13.1 Å². The third-order valence-electron chi connectivity index (χ3n) is 4.32. The second-order valence-corrected chi connectivity index (χ2v) is 7.01. The molecule has 2 aromatic heterocycles. The molecule has 1 aliphatic heterocycles. The van der Waals surface area contributed by atoms with Gasteiger partial charge in [0.1, 0.15) is 0 Å². The van der Waals surface area contributed by atoms with Crippen LogP contribution in [0.25, 0.3) is 10.1 Å². The summed E-state index contributed by atoms with van der Waals surface area (Å²) in [6.07, 6.45) is 4.40. The number of thiophene rings is 1. The predicted molar refractivity (Wildman–Crippen MR) is 87.7 cm³/mol. The summed E-state index contributed by atoms with van der Waals surface area (Å²) in [5.41, 5.74) is 1.29. The van der Waals surface area contributed by atoms with E-state index in [-0.39, 0.29) is 0 Å². The quantitative estimate of drug-likeness (QED) is 0.792. The molecule has 1 aromatic carbocycles. The molecule has 1 saturated heterocycles. The van der Waals surface area contributed by atoms with Gasteiger partial charge in [0.2, 0.25) is 0 Å². The highest BCUT2D eigenvalue weighted by atomic mass is 32.1. The molecule has 0 bridgehead atoms. The maximum absolute atomic E-state index is 4.09. The van der Waals surface area contributed by atoms with Crippen molar-refractivity contribution in [1.82, 2.24) is 15.1 Å². The molecule has 21 heavy (non-hydrogen) atoms. The average molecular weight is 297 g/mol. The fourth-order valence-electron chi connectivity index (χ4n) is 3.28. The summed E-state index contributed by atoms with van der Waals surface area (Å²) in [7, 11) is 0. The van der Waals surface area contributed by atoms with E-state index in [1.54, 1.807) is 0 Å². The van der Waals surface area contributed by atoms with Crippen LogP contribution in [0.3, 0.4) is 0 Å². The first-order chi connectivity index (χ1) is 10.4. The van der Waals surface area contributed by atoms with E-state index in [1.165, 1.54) is 40.0 Å². The van der Waals surface area contributed by atoms with Gasteiger partial charge in [-0.1, -0.05) is 18.2 Å². The van der Waals surface area contributed by atoms with Crippen LogP contribution in [0.4, 0.5) is 0 Å². The first kappa shape index (κ1) is 13.0. The topological polar surface area (TPSA) is 31.9 Å². The molecule has 0 spiro atoms. The summed E-state index contributed by atoms with van der Waals surface area (Å²) in [5, 5.41) is 8.61. The summed E-state index contributed by atoms with van der Waals surface area (Å²) in [5.74, 6) is 0.607. The summed E-state index contributed by atoms with van der Waals surface area (Å²) in [6.45, 7) is 3.42. The fraction of sp³-hybridized carbons (Fsp3) is 0.353. The second kappa shape index (κ2) is 5.62. The molecule has 1 fully saturated rings. The lowest BCUT2D eigenvalue weighted by molar-refractivity contribution is 0.200. The van der Waals surface area contributed by atoms with Crippen molar-refractivity contribution in [3.05, 3.63) is 53.2 Å². The number of aromatic nitrogens is 2. The lowest BCUT2D eigenvalue weighted by Gasteiger charge is -2.31. The molecule has 0 aliphatic carbocycles. The maximum atomic E-state index is 4.09. The van der Waals surface area contributed by atoms with Crippen molar-refractivity contribution < 1.29 is 0 Å². The molecule has 0 saturated carbocycles. The van der Waals surface area contributed by atoms with Crippen molar-refractivity contribution in [1.29, 1.82) is 0 Å². The lowest BCUT2D eigenvalue weighted by Crippen LogP contribution is -2.33.